The van der Waals surface area contributed by atoms with Crippen LogP contribution < -0.4 is 14.8 Å². The fraction of sp³-hybridized carbons (Fsp3) is 0.625. The van der Waals surface area contributed by atoms with E-state index in [1.165, 1.54) is 37.7 Å². The summed E-state index contributed by atoms with van der Waals surface area (Å²) in [6, 6.07) is 6.86. The summed E-state index contributed by atoms with van der Waals surface area (Å²) in [5.41, 5.74) is 1.24. The zero-order valence-corrected chi connectivity index (χ0v) is 11.7. The Hall–Kier alpha value is -1.22. The Morgan fingerprint density at radius 3 is 2.74 bits per heavy atom. The summed E-state index contributed by atoms with van der Waals surface area (Å²) < 4.78 is 11.3. The molecule has 2 aliphatic rings. The van der Waals surface area contributed by atoms with Crippen molar-refractivity contribution in [2.45, 2.75) is 44.7 Å². The lowest BCUT2D eigenvalue weighted by molar-refractivity contribution is 0.296. The van der Waals surface area contributed by atoms with E-state index in [1.54, 1.807) is 7.11 Å². The fourth-order valence-electron chi connectivity index (χ4n) is 2.23. The van der Waals surface area contributed by atoms with Crippen LogP contribution in [-0.2, 0) is 6.54 Å². The molecule has 0 aliphatic heterocycles. The van der Waals surface area contributed by atoms with Crippen molar-refractivity contribution in [2.75, 3.05) is 13.7 Å². The standard InChI is InChI=1S/C16H23NO2/c1-18-15-7-4-13(11-17-14-5-6-14)16(10-15)19-9-8-12-2-3-12/h4,7,10,12,14,17H,2-3,5-6,8-9,11H2,1H3. The Kier molecular flexibility index (Phi) is 3.92. The van der Waals surface area contributed by atoms with E-state index in [0.717, 1.165) is 36.6 Å². The van der Waals surface area contributed by atoms with Crippen LogP contribution in [0.25, 0.3) is 0 Å². The molecule has 0 atom stereocenters. The van der Waals surface area contributed by atoms with Crippen molar-refractivity contribution < 1.29 is 9.47 Å². The van der Waals surface area contributed by atoms with Crippen molar-refractivity contribution in [2.24, 2.45) is 5.92 Å². The third kappa shape index (κ3) is 3.87. The monoisotopic (exact) mass is 261 g/mol. The predicted molar refractivity (Wildman–Crippen MR) is 75.7 cm³/mol. The maximum atomic E-state index is 5.96. The molecule has 0 bridgehead atoms. The zero-order valence-electron chi connectivity index (χ0n) is 11.7. The molecule has 3 rings (SSSR count). The van der Waals surface area contributed by atoms with Crippen LogP contribution in [0, 0.1) is 5.92 Å². The number of hydrogen-bond donors (Lipinski definition) is 1. The van der Waals surface area contributed by atoms with E-state index >= 15 is 0 Å². The summed E-state index contributed by atoms with van der Waals surface area (Å²) in [5.74, 6) is 2.77. The largest absolute Gasteiger partial charge is 0.497 e. The van der Waals surface area contributed by atoms with Gasteiger partial charge >= 0.3 is 0 Å². The maximum Gasteiger partial charge on any atom is 0.127 e. The van der Waals surface area contributed by atoms with Gasteiger partial charge in [0.25, 0.3) is 0 Å². The van der Waals surface area contributed by atoms with Crippen molar-refractivity contribution in [3.8, 4) is 11.5 Å². The van der Waals surface area contributed by atoms with Crippen molar-refractivity contribution in [1.29, 1.82) is 0 Å². The molecule has 1 N–H and O–H groups in total. The van der Waals surface area contributed by atoms with Crippen molar-refractivity contribution in [3.05, 3.63) is 23.8 Å². The second-order valence-electron chi connectivity index (χ2n) is 5.71. The molecule has 2 aliphatic carbocycles. The highest BCUT2D eigenvalue weighted by Crippen LogP contribution is 2.33. The van der Waals surface area contributed by atoms with Crippen LogP contribution in [0.4, 0.5) is 0 Å². The molecule has 0 heterocycles. The molecule has 104 valence electrons. The summed E-state index contributed by atoms with van der Waals surface area (Å²) >= 11 is 0. The number of nitrogens with one attached hydrogen (secondary N) is 1. The van der Waals surface area contributed by atoms with E-state index in [2.05, 4.69) is 11.4 Å². The summed E-state index contributed by atoms with van der Waals surface area (Å²) in [6.45, 7) is 1.72. The van der Waals surface area contributed by atoms with Gasteiger partial charge in [-0.2, -0.15) is 0 Å². The number of ether oxygens (including phenoxy) is 2. The Morgan fingerprint density at radius 2 is 2.05 bits per heavy atom. The van der Waals surface area contributed by atoms with Crippen LogP contribution in [0.1, 0.15) is 37.7 Å². The molecule has 2 saturated carbocycles. The van der Waals surface area contributed by atoms with E-state index in [9.17, 15) is 0 Å². The summed E-state index contributed by atoms with van der Waals surface area (Å²) in [4.78, 5) is 0. The van der Waals surface area contributed by atoms with Crippen LogP contribution in [0.15, 0.2) is 18.2 Å². The van der Waals surface area contributed by atoms with Gasteiger partial charge in [0, 0.05) is 24.2 Å². The van der Waals surface area contributed by atoms with E-state index in [0.29, 0.717) is 0 Å². The number of rotatable bonds is 8. The Labute approximate surface area is 115 Å². The SMILES string of the molecule is COc1ccc(CNC2CC2)c(OCCC2CC2)c1. The van der Waals surface area contributed by atoms with Gasteiger partial charge in [-0.05, 0) is 31.2 Å². The molecule has 2 fully saturated rings. The summed E-state index contributed by atoms with van der Waals surface area (Å²) in [5, 5.41) is 3.54. The van der Waals surface area contributed by atoms with Gasteiger partial charge in [0.05, 0.1) is 13.7 Å². The van der Waals surface area contributed by atoms with E-state index in [-0.39, 0.29) is 0 Å². The third-order valence-electron chi connectivity index (χ3n) is 3.91. The molecular formula is C16H23NO2. The highest BCUT2D eigenvalue weighted by atomic mass is 16.5. The maximum absolute atomic E-state index is 5.96. The van der Waals surface area contributed by atoms with Gasteiger partial charge in [-0.3, -0.25) is 0 Å². The first-order valence-electron chi connectivity index (χ1n) is 7.38. The highest BCUT2D eigenvalue weighted by molar-refractivity contribution is 5.40. The van der Waals surface area contributed by atoms with Gasteiger partial charge < -0.3 is 14.8 Å². The van der Waals surface area contributed by atoms with Crippen LogP contribution in [0.5, 0.6) is 11.5 Å². The average molecular weight is 261 g/mol. The zero-order chi connectivity index (χ0) is 13.1. The molecule has 0 saturated heterocycles. The predicted octanol–water partition coefficient (Wildman–Crippen LogP) is 3.13. The molecule has 1 aromatic carbocycles. The van der Waals surface area contributed by atoms with Gasteiger partial charge in [0.1, 0.15) is 11.5 Å². The quantitative estimate of drug-likeness (QED) is 0.780. The summed E-state index contributed by atoms with van der Waals surface area (Å²) in [7, 11) is 1.70. The van der Waals surface area contributed by atoms with Gasteiger partial charge in [-0.25, -0.2) is 0 Å². The topological polar surface area (TPSA) is 30.5 Å². The molecule has 1 aromatic rings. The van der Waals surface area contributed by atoms with Gasteiger partial charge in [0.15, 0.2) is 0 Å². The van der Waals surface area contributed by atoms with Crippen molar-refractivity contribution >= 4 is 0 Å². The van der Waals surface area contributed by atoms with Crippen LogP contribution in [0.3, 0.4) is 0 Å². The third-order valence-corrected chi connectivity index (χ3v) is 3.91. The minimum atomic E-state index is 0.724. The molecule has 0 aromatic heterocycles. The summed E-state index contributed by atoms with van der Waals surface area (Å²) in [6.07, 6.45) is 6.59. The first-order valence-corrected chi connectivity index (χ1v) is 7.38. The van der Waals surface area contributed by atoms with Crippen LogP contribution in [-0.4, -0.2) is 19.8 Å². The fourth-order valence-corrected chi connectivity index (χ4v) is 2.23. The van der Waals surface area contributed by atoms with Crippen molar-refractivity contribution in [3.63, 3.8) is 0 Å². The highest BCUT2D eigenvalue weighted by Gasteiger charge is 2.22. The minimum absolute atomic E-state index is 0.724. The van der Waals surface area contributed by atoms with Crippen LogP contribution in [0.2, 0.25) is 0 Å². The second kappa shape index (κ2) is 5.83. The number of methoxy groups -OCH3 is 1. The smallest absolute Gasteiger partial charge is 0.127 e. The first kappa shape index (κ1) is 12.8. The van der Waals surface area contributed by atoms with Gasteiger partial charge in [-0.1, -0.05) is 18.9 Å². The molecule has 3 heteroatoms. The normalized spacial score (nSPS) is 18.4. The minimum Gasteiger partial charge on any atom is -0.497 e. The Balaban J connectivity index is 1.60. The molecule has 3 nitrogen and oxygen atoms in total. The van der Waals surface area contributed by atoms with E-state index < -0.39 is 0 Å². The Bertz CT molecular complexity index is 425. The second-order valence-corrected chi connectivity index (χ2v) is 5.71. The lowest BCUT2D eigenvalue weighted by Crippen LogP contribution is -2.16. The molecule has 0 radical (unpaired) electrons. The van der Waals surface area contributed by atoms with E-state index in [4.69, 9.17) is 9.47 Å². The van der Waals surface area contributed by atoms with Crippen LogP contribution >= 0.6 is 0 Å². The molecule has 0 amide bonds. The molecule has 0 spiro atoms. The van der Waals surface area contributed by atoms with Crippen molar-refractivity contribution in [1.82, 2.24) is 5.32 Å². The Morgan fingerprint density at radius 1 is 1.21 bits per heavy atom. The molecular weight excluding hydrogens is 238 g/mol. The number of hydrogen-bond acceptors (Lipinski definition) is 3. The molecule has 0 unspecified atom stereocenters. The first-order chi connectivity index (χ1) is 9.35. The lowest BCUT2D eigenvalue weighted by Gasteiger charge is -2.13. The lowest BCUT2D eigenvalue weighted by atomic mass is 10.2. The van der Waals surface area contributed by atoms with Gasteiger partial charge in [0.2, 0.25) is 0 Å². The van der Waals surface area contributed by atoms with Gasteiger partial charge in [-0.15, -0.1) is 0 Å². The average Bonchev–Trinajstić information content (AvgIpc) is 3.31. The number of benzene rings is 1. The van der Waals surface area contributed by atoms with E-state index in [1.807, 2.05) is 12.1 Å². The molecule has 19 heavy (non-hydrogen) atoms.